The number of ketones is 1. The average Bonchev–Trinajstić information content (AvgIpc) is 2.83. The van der Waals surface area contributed by atoms with Crippen molar-refractivity contribution in [2.24, 2.45) is 11.5 Å². The number of carbonyl (C=O) groups is 2. The predicted octanol–water partition coefficient (Wildman–Crippen LogP) is 2.40. The molecule has 1 amide bonds. The minimum absolute atomic E-state index is 0.0284. The lowest BCUT2D eigenvalue weighted by molar-refractivity contribution is 0.0795. The molecule has 0 spiro atoms. The van der Waals surface area contributed by atoms with E-state index in [1.165, 1.54) is 12.1 Å². The van der Waals surface area contributed by atoms with Gasteiger partial charge in [-0.3, -0.25) is 15.0 Å². The van der Waals surface area contributed by atoms with Gasteiger partial charge in [-0.2, -0.15) is 0 Å². The number of nitrogens with one attached hydrogen (secondary N) is 1. The Balaban J connectivity index is 2.01. The van der Waals surface area contributed by atoms with Crippen molar-refractivity contribution in [2.75, 3.05) is 14.1 Å². The highest BCUT2D eigenvalue weighted by Gasteiger charge is 2.27. The van der Waals surface area contributed by atoms with Crippen LogP contribution in [0.15, 0.2) is 66.7 Å². The lowest BCUT2D eigenvalue weighted by Gasteiger charge is -2.27. The molecule has 0 radical (unpaired) electrons. The van der Waals surface area contributed by atoms with E-state index in [0.29, 0.717) is 30.5 Å². The van der Waals surface area contributed by atoms with E-state index >= 15 is 0 Å². The van der Waals surface area contributed by atoms with Crippen LogP contribution in [-0.4, -0.2) is 41.9 Å². The van der Waals surface area contributed by atoms with Gasteiger partial charge in [0.25, 0.3) is 5.91 Å². The van der Waals surface area contributed by atoms with Gasteiger partial charge in [0.2, 0.25) is 0 Å². The van der Waals surface area contributed by atoms with Gasteiger partial charge in [0, 0.05) is 19.2 Å². The second kappa shape index (κ2) is 10.9. The maximum atomic E-state index is 13.9. The number of hydrogen-bond donors (Lipinski definition) is 4. The van der Waals surface area contributed by atoms with Crippen molar-refractivity contribution in [1.82, 2.24) is 10.4 Å². The van der Waals surface area contributed by atoms with Crippen LogP contribution < -0.4 is 16.9 Å². The van der Waals surface area contributed by atoms with Gasteiger partial charge >= 0.3 is 0 Å². The van der Waals surface area contributed by atoms with Crippen LogP contribution in [0.4, 0.5) is 0 Å². The summed E-state index contributed by atoms with van der Waals surface area (Å²) < 4.78 is 0. The zero-order valence-electron chi connectivity index (χ0n) is 18.9. The van der Waals surface area contributed by atoms with Crippen molar-refractivity contribution in [3.63, 3.8) is 0 Å². The van der Waals surface area contributed by atoms with E-state index in [0.717, 1.165) is 16.7 Å². The first-order valence-corrected chi connectivity index (χ1v) is 10.8. The Morgan fingerprint density at radius 2 is 1.73 bits per heavy atom. The molecule has 0 saturated heterocycles. The number of nitrogens with two attached hydrogens (primary N) is 2. The number of hydrogen-bond acceptors (Lipinski definition) is 6. The maximum absolute atomic E-state index is 13.9. The number of carbonyl (C=O) groups excluding carboxylic acids is 2. The topological polar surface area (TPSA) is 122 Å². The number of aromatic hydroxyl groups is 1. The standard InChI is InChI=1S/C26H30N4O3/c1-29-30(2)23(15-18-11-12-24(31)22(14-18)26(28)33)25(32)20-10-6-9-19(16-27)21(20)13-17-7-4-3-5-8-17/h3-12,14,23,29,31H,13,15-16,27H2,1-2H3,(H2,28,33). The zero-order chi connectivity index (χ0) is 24.0. The molecular weight excluding hydrogens is 416 g/mol. The third-order valence-corrected chi connectivity index (χ3v) is 5.86. The molecule has 0 saturated carbocycles. The minimum atomic E-state index is -0.722. The fourth-order valence-electron chi connectivity index (χ4n) is 3.94. The van der Waals surface area contributed by atoms with Crippen LogP contribution in [0.25, 0.3) is 0 Å². The van der Waals surface area contributed by atoms with Crippen molar-refractivity contribution in [2.45, 2.75) is 25.4 Å². The number of amides is 1. The molecule has 0 aliphatic carbocycles. The van der Waals surface area contributed by atoms with Crippen LogP contribution in [-0.2, 0) is 19.4 Å². The third-order valence-electron chi connectivity index (χ3n) is 5.86. The van der Waals surface area contributed by atoms with Crippen LogP contribution >= 0.6 is 0 Å². The zero-order valence-corrected chi connectivity index (χ0v) is 18.9. The van der Waals surface area contributed by atoms with Gasteiger partial charge in [0.15, 0.2) is 5.78 Å². The Morgan fingerprint density at radius 1 is 1.00 bits per heavy atom. The monoisotopic (exact) mass is 446 g/mol. The Morgan fingerprint density at radius 3 is 2.36 bits per heavy atom. The molecule has 6 N–H and O–H groups in total. The van der Waals surface area contributed by atoms with E-state index in [1.54, 1.807) is 25.2 Å². The lowest BCUT2D eigenvalue weighted by Crippen LogP contribution is -2.46. The van der Waals surface area contributed by atoms with Crippen molar-refractivity contribution in [3.05, 3.63) is 100 Å². The fourth-order valence-corrected chi connectivity index (χ4v) is 3.94. The molecule has 3 rings (SSSR count). The summed E-state index contributed by atoms with van der Waals surface area (Å²) in [7, 11) is 3.54. The summed E-state index contributed by atoms with van der Waals surface area (Å²) in [6, 6.07) is 19.7. The fraction of sp³-hybridized carbons (Fsp3) is 0.231. The molecule has 1 atom stereocenters. The normalized spacial score (nSPS) is 12.0. The van der Waals surface area contributed by atoms with E-state index in [4.69, 9.17) is 11.5 Å². The van der Waals surface area contributed by atoms with Gasteiger partial charge < -0.3 is 16.6 Å². The van der Waals surface area contributed by atoms with Crippen LogP contribution in [0.1, 0.15) is 43.0 Å². The predicted molar refractivity (Wildman–Crippen MR) is 129 cm³/mol. The maximum Gasteiger partial charge on any atom is 0.252 e. The van der Waals surface area contributed by atoms with Crippen LogP contribution in [0.5, 0.6) is 5.75 Å². The van der Waals surface area contributed by atoms with Crippen molar-refractivity contribution >= 4 is 11.7 Å². The smallest absolute Gasteiger partial charge is 0.252 e. The molecule has 0 heterocycles. The number of nitrogens with zero attached hydrogens (tertiary/aromatic N) is 1. The number of rotatable bonds is 10. The molecule has 1 unspecified atom stereocenters. The Hall–Kier alpha value is -3.52. The van der Waals surface area contributed by atoms with E-state index in [2.05, 4.69) is 5.43 Å². The van der Waals surface area contributed by atoms with E-state index in [9.17, 15) is 14.7 Å². The summed E-state index contributed by atoms with van der Waals surface area (Å²) in [6.45, 7) is 0.329. The summed E-state index contributed by atoms with van der Waals surface area (Å²) in [5.41, 5.74) is 18.7. The van der Waals surface area contributed by atoms with E-state index < -0.39 is 11.9 Å². The largest absolute Gasteiger partial charge is 0.507 e. The Bertz CT molecular complexity index is 1130. The molecule has 0 aliphatic rings. The molecule has 33 heavy (non-hydrogen) atoms. The second-order valence-corrected chi connectivity index (χ2v) is 7.94. The molecule has 7 nitrogen and oxygen atoms in total. The number of primary amides is 1. The SMILES string of the molecule is CNN(C)C(Cc1ccc(O)c(C(N)=O)c1)C(=O)c1cccc(CN)c1Cc1ccccc1. The highest BCUT2D eigenvalue weighted by atomic mass is 16.3. The molecule has 3 aromatic carbocycles. The summed E-state index contributed by atoms with van der Waals surface area (Å²) in [5.74, 6) is -0.973. The number of hydrazine groups is 1. The summed E-state index contributed by atoms with van der Waals surface area (Å²) in [4.78, 5) is 25.5. The summed E-state index contributed by atoms with van der Waals surface area (Å²) in [5, 5.41) is 11.7. The van der Waals surface area contributed by atoms with E-state index in [1.807, 2.05) is 48.5 Å². The molecule has 7 heteroatoms. The molecule has 0 aliphatic heterocycles. The highest BCUT2D eigenvalue weighted by Crippen LogP contribution is 2.24. The Kier molecular flexibility index (Phi) is 7.95. The first-order chi connectivity index (χ1) is 15.8. The molecule has 0 fully saturated rings. The third kappa shape index (κ3) is 5.64. The highest BCUT2D eigenvalue weighted by molar-refractivity contribution is 6.02. The van der Waals surface area contributed by atoms with Gasteiger partial charge in [-0.05, 0) is 54.3 Å². The van der Waals surface area contributed by atoms with Gasteiger partial charge in [0.05, 0.1) is 11.6 Å². The van der Waals surface area contributed by atoms with Gasteiger partial charge in [0.1, 0.15) is 5.75 Å². The Labute approximate surface area is 194 Å². The van der Waals surface area contributed by atoms with Crippen LogP contribution in [0.2, 0.25) is 0 Å². The van der Waals surface area contributed by atoms with Crippen LogP contribution in [0.3, 0.4) is 0 Å². The molecule has 172 valence electrons. The van der Waals surface area contributed by atoms with Crippen molar-refractivity contribution in [1.29, 1.82) is 0 Å². The first kappa shape index (κ1) is 24.1. The van der Waals surface area contributed by atoms with Gasteiger partial charge in [-0.15, -0.1) is 0 Å². The minimum Gasteiger partial charge on any atom is -0.507 e. The number of benzene rings is 3. The number of Topliss-reactive ketones (excluding diaryl/α,β-unsaturated/α-hetero) is 1. The number of phenols is 1. The summed E-state index contributed by atoms with van der Waals surface area (Å²) in [6.07, 6.45) is 0.907. The molecule has 3 aromatic rings. The second-order valence-electron chi connectivity index (χ2n) is 7.94. The lowest BCUT2D eigenvalue weighted by atomic mass is 9.88. The van der Waals surface area contributed by atoms with Crippen molar-refractivity contribution < 1.29 is 14.7 Å². The van der Waals surface area contributed by atoms with Crippen molar-refractivity contribution in [3.8, 4) is 5.75 Å². The van der Waals surface area contributed by atoms with Gasteiger partial charge in [-0.1, -0.05) is 54.6 Å². The average molecular weight is 447 g/mol. The number of likely N-dealkylation sites (N-methyl/N-ethyl adjacent to an activating group) is 1. The van der Waals surface area contributed by atoms with Gasteiger partial charge in [-0.25, -0.2) is 5.01 Å². The van der Waals surface area contributed by atoms with Crippen LogP contribution in [0, 0.1) is 0 Å². The summed E-state index contributed by atoms with van der Waals surface area (Å²) >= 11 is 0. The van der Waals surface area contributed by atoms with E-state index in [-0.39, 0.29) is 17.1 Å². The first-order valence-electron chi connectivity index (χ1n) is 10.8. The molecular formula is C26H30N4O3. The quantitative estimate of drug-likeness (QED) is 0.280. The molecule has 0 bridgehead atoms. The molecule has 0 aromatic heterocycles.